The van der Waals surface area contributed by atoms with Gasteiger partial charge in [0.05, 0.1) is 19.9 Å². The van der Waals surface area contributed by atoms with Gasteiger partial charge in [0.2, 0.25) is 5.91 Å². The van der Waals surface area contributed by atoms with E-state index in [0.717, 1.165) is 17.7 Å². The molecule has 0 spiro atoms. The minimum atomic E-state index is -0.179. The van der Waals surface area contributed by atoms with Gasteiger partial charge in [-0.1, -0.05) is 17.7 Å². The molecular formula is C19H26ClIN4O3. The second-order valence-corrected chi connectivity index (χ2v) is 6.09. The lowest BCUT2D eigenvalue weighted by molar-refractivity contribution is -0.119. The summed E-state index contributed by atoms with van der Waals surface area (Å²) < 4.78 is 10.3. The summed E-state index contributed by atoms with van der Waals surface area (Å²) in [5.41, 5.74) is 1.01. The highest BCUT2D eigenvalue weighted by Crippen LogP contribution is 2.22. The Kier molecular flexibility index (Phi) is 11.4. The van der Waals surface area contributed by atoms with E-state index in [1.807, 2.05) is 19.1 Å². The van der Waals surface area contributed by atoms with Crippen LogP contribution in [0.1, 0.15) is 18.2 Å². The van der Waals surface area contributed by atoms with E-state index >= 15 is 0 Å². The number of amides is 1. The molecule has 7 nitrogen and oxygen atoms in total. The van der Waals surface area contributed by atoms with Crippen LogP contribution in [0.4, 0.5) is 0 Å². The molecule has 0 saturated heterocycles. The van der Waals surface area contributed by atoms with E-state index in [1.165, 1.54) is 0 Å². The largest absolute Gasteiger partial charge is 0.497 e. The second-order valence-electron chi connectivity index (χ2n) is 5.69. The molecule has 0 unspecified atom stereocenters. The Balaban J connectivity index is 0.00000392. The van der Waals surface area contributed by atoms with Crippen molar-refractivity contribution in [3.63, 3.8) is 0 Å². The smallest absolute Gasteiger partial charge is 0.242 e. The quantitative estimate of drug-likeness (QED) is 0.269. The number of guanidine groups is 1. The van der Waals surface area contributed by atoms with Gasteiger partial charge in [0, 0.05) is 18.1 Å². The molecule has 1 heterocycles. The number of nitrogens with one attached hydrogen (secondary N) is 3. The van der Waals surface area contributed by atoms with E-state index in [2.05, 4.69) is 20.9 Å². The summed E-state index contributed by atoms with van der Waals surface area (Å²) in [6, 6.07) is 9.19. The zero-order chi connectivity index (χ0) is 19.5. The van der Waals surface area contributed by atoms with Crippen molar-refractivity contribution in [3.8, 4) is 5.75 Å². The Hall–Kier alpha value is -1.94. The number of nitrogens with zero attached hydrogens (tertiary/aromatic N) is 1. The number of ether oxygens (including phenoxy) is 1. The van der Waals surface area contributed by atoms with Crippen LogP contribution in [0.5, 0.6) is 5.75 Å². The van der Waals surface area contributed by atoms with Gasteiger partial charge in [-0.25, -0.2) is 4.99 Å². The minimum Gasteiger partial charge on any atom is -0.497 e. The first kappa shape index (κ1) is 24.1. The summed E-state index contributed by atoms with van der Waals surface area (Å²) in [6.07, 6.45) is 2.29. The van der Waals surface area contributed by atoms with Gasteiger partial charge < -0.3 is 25.1 Å². The van der Waals surface area contributed by atoms with Crippen molar-refractivity contribution >= 4 is 47.4 Å². The molecule has 154 valence electrons. The van der Waals surface area contributed by atoms with Gasteiger partial charge in [-0.05, 0) is 43.2 Å². The van der Waals surface area contributed by atoms with E-state index in [-0.39, 0.29) is 36.4 Å². The number of benzene rings is 1. The Morgan fingerprint density at radius 3 is 2.71 bits per heavy atom. The molecule has 1 aromatic heterocycles. The van der Waals surface area contributed by atoms with Crippen molar-refractivity contribution in [1.29, 1.82) is 0 Å². The normalized spacial score (nSPS) is 10.8. The van der Waals surface area contributed by atoms with Crippen molar-refractivity contribution < 1.29 is 13.9 Å². The molecule has 1 amide bonds. The van der Waals surface area contributed by atoms with Crippen LogP contribution in [0, 0.1) is 0 Å². The van der Waals surface area contributed by atoms with Gasteiger partial charge >= 0.3 is 0 Å². The summed E-state index contributed by atoms with van der Waals surface area (Å²) in [5, 5.41) is 9.74. The van der Waals surface area contributed by atoms with E-state index in [4.69, 9.17) is 20.8 Å². The first-order chi connectivity index (χ1) is 13.1. The van der Waals surface area contributed by atoms with Crippen molar-refractivity contribution in [2.75, 3.05) is 26.7 Å². The van der Waals surface area contributed by atoms with Crippen LogP contribution in [-0.2, 0) is 17.8 Å². The van der Waals surface area contributed by atoms with Gasteiger partial charge in [0.15, 0.2) is 5.96 Å². The average Bonchev–Trinajstić information content (AvgIpc) is 3.19. The SMILES string of the molecule is CCNC(=NCC(=O)NCc1ccco1)NCCc1ccc(OC)cc1Cl.I. The third kappa shape index (κ3) is 8.39. The van der Waals surface area contributed by atoms with Gasteiger partial charge in [0.1, 0.15) is 18.1 Å². The summed E-state index contributed by atoms with van der Waals surface area (Å²) in [6.45, 7) is 3.67. The summed E-state index contributed by atoms with van der Waals surface area (Å²) in [5.74, 6) is 1.83. The molecular weight excluding hydrogens is 495 g/mol. The molecule has 0 saturated carbocycles. The molecule has 0 aliphatic rings. The van der Waals surface area contributed by atoms with Gasteiger partial charge in [-0.15, -0.1) is 24.0 Å². The number of furan rings is 1. The lowest BCUT2D eigenvalue weighted by Crippen LogP contribution is -2.39. The number of halogens is 2. The Bertz CT molecular complexity index is 754. The van der Waals surface area contributed by atoms with Crippen LogP contribution in [0.3, 0.4) is 0 Å². The molecule has 0 aliphatic carbocycles. The maximum atomic E-state index is 11.9. The Morgan fingerprint density at radius 2 is 2.07 bits per heavy atom. The van der Waals surface area contributed by atoms with Crippen LogP contribution in [0.2, 0.25) is 5.02 Å². The predicted octanol–water partition coefficient (Wildman–Crippen LogP) is 2.97. The third-order valence-corrected chi connectivity index (χ3v) is 4.06. The molecule has 0 bridgehead atoms. The maximum absolute atomic E-state index is 11.9. The van der Waals surface area contributed by atoms with Crippen LogP contribution < -0.4 is 20.7 Å². The number of aliphatic imine (C=N–C) groups is 1. The number of carbonyl (C=O) groups is 1. The summed E-state index contributed by atoms with van der Waals surface area (Å²) in [4.78, 5) is 16.2. The van der Waals surface area contributed by atoms with Gasteiger partial charge in [-0.2, -0.15) is 0 Å². The number of rotatable bonds is 9. The first-order valence-electron chi connectivity index (χ1n) is 8.76. The highest BCUT2D eigenvalue weighted by atomic mass is 127. The number of carbonyl (C=O) groups excluding carboxylic acids is 1. The monoisotopic (exact) mass is 520 g/mol. The highest BCUT2D eigenvalue weighted by Gasteiger charge is 2.05. The van der Waals surface area contributed by atoms with E-state index in [0.29, 0.717) is 36.4 Å². The number of methoxy groups -OCH3 is 1. The summed E-state index contributed by atoms with van der Waals surface area (Å²) in [7, 11) is 1.61. The number of hydrogen-bond acceptors (Lipinski definition) is 4. The van der Waals surface area contributed by atoms with Crippen molar-refractivity contribution in [1.82, 2.24) is 16.0 Å². The lowest BCUT2D eigenvalue weighted by Gasteiger charge is -2.12. The molecule has 28 heavy (non-hydrogen) atoms. The van der Waals surface area contributed by atoms with E-state index in [1.54, 1.807) is 31.6 Å². The van der Waals surface area contributed by atoms with Crippen LogP contribution in [0.25, 0.3) is 0 Å². The fourth-order valence-electron chi connectivity index (χ4n) is 2.32. The van der Waals surface area contributed by atoms with Crippen molar-refractivity contribution in [2.24, 2.45) is 4.99 Å². The Labute approximate surface area is 187 Å². The first-order valence-corrected chi connectivity index (χ1v) is 9.13. The molecule has 0 radical (unpaired) electrons. The standard InChI is InChI=1S/C19H25ClN4O3.HI/c1-3-21-19(24-13-18(25)23-12-16-5-4-10-27-16)22-9-8-14-6-7-15(26-2)11-17(14)20;/h4-7,10-11H,3,8-9,12-13H2,1-2H3,(H,23,25)(H2,21,22,24);1H. The fraction of sp³-hybridized carbons (Fsp3) is 0.368. The molecule has 1 aromatic carbocycles. The molecule has 0 atom stereocenters. The predicted molar refractivity (Wildman–Crippen MR) is 122 cm³/mol. The molecule has 0 fully saturated rings. The van der Waals surface area contributed by atoms with Crippen molar-refractivity contribution in [2.45, 2.75) is 19.9 Å². The molecule has 0 aliphatic heterocycles. The van der Waals surface area contributed by atoms with E-state index < -0.39 is 0 Å². The number of hydrogen-bond donors (Lipinski definition) is 3. The van der Waals surface area contributed by atoms with E-state index in [9.17, 15) is 4.79 Å². The van der Waals surface area contributed by atoms with Crippen LogP contribution in [0.15, 0.2) is 46.0 Å². The maximum Gasteiger partial charge on any atom is 0.242 e. The fourth-order valence-corrected chi connectivity index (χ4v) is 2.59. The average molecular weight is 521 g/mol. The van der Waals surface area contributed by atoms with Crippen LogP contribution in [-0.4, -0.2) is 38.6 Å². The molecule has 3 N–H and O–H groups in total. The third-order valence-electron chi connectivity index (χ3n) is 3.71. The van der Waals surface area contributed by atoms with Crippen molar-refractivity contribution in [3.05, 3.63) is 52.9 Å². The van der Waals surface area contributed by atoms with Gasteiger partial charge in [0.25, 0.3) is 0 Å². The van der Waals surface area contributed by atoms with Crippen LogP contribution >= 0.6 is 35.6 Å². The lowest BCUT2D eigenvalue weighted by atomic mass is 10.1. The second kappa shape index (κ2) is 13.3. The molecule has 2 aromatic rings. The van der Waals surface area contributed by atoms with Gasteiger partial charge in [-0.3, -0.25) is 4.79 Å². The Morgan fingerprint density at radius 1 is 1.25 bits per heavy atom. The molecule has 9 heteroatoms. The summed E-state index contributed by atoms with van der Waals surface area (Å²) >= 11 is 6.25. The minimum absolute atomic E-state index is 0. The highest BCUT2D eigenvalue weighted by molar-refractivity contribution is 14.0. The zero-order valence-corrected chi connectivity index (χ0v) is 19.0. The topological polar surface area (TPSA) is 87.9 Å². The molecule has 2 rings (SSSR count). The zero-order valence-electron chi connectivity index (χ0n) is 16.0.